The van der Waals surface area contributed by atoms with Crippen LogP contribution in [0.25, 0.3) is 0 Å². The molecule has 2 aromatic carbocycles. The average molecular weight is 502 g/mol. The van der Waals surface area contributed by atoms with Gasteiger partial charge in [-0.1, -0.05) is 55.0 Å². The van der Waals surface area contributed by atoms with E-state index in [4.69, 9.17) is 0 Å². The lowest BCUT2D eigenvalue weighted by molar-refractivity contribution is -0.142. The second-order valence-electron chi connectivity index (χ2n) is 9.95. The first-order valence-electron chi connectivity index (χ1n) is 12.0. The predicted octanol–water partition coefficient (Wildman–Crippen LogP) is 4.26. The Hall–Kier alpha value is -2.87. The molecule has 2 rings (SSSR count). The zero-order chi connectivity index (χ0) is 26.2. The van der Waals surface area contributed by atoms with E-state index in [0.717, 1.165) is 17.4 Å². The summed E-state index contributed by atoms with van der Waals surface area (Å²) in [7, 11) is -3.50. The maximum atomic E-state index is 13.4. The van der Waals surface area contributed by atoms with E-state index in [1.807, 2.05) is 65.0 Å². The van der Waals surface area contributed by atoms with Crippen molar-refractivity contribution in [1.29, 1.82) is 0 Å². The third-order valence-corrected chi connectivity index (χ3v) is 6.71. The number of nitrogens with zero attached hydrogens (tertiary/aromatic N) is 2. The molecule has 8 heteroatoms. The van der Waals surface area contributed by atoms with Gasteiger partial charge in [0, 0.05) is 25.0 Å². The molecule has 0 aliphatic rings. The Labute approximate surface area is 210 Å². The van der Waals surface area contributed by atoms with Gasteiger partial charge in [0.1, 0.15) is 6.04 Å². The fourth-order valence-corrected chi connectivity index (χ4v) is 4.94. The van der Waals surface area contributed by atoms with Crippen molar-refractivity contribution in [3.8, 4) is 0 Å². The summed E-state index contributed by atoms with van der Waals surface area (Å²) in [5, 5.41) is 3.00. The Morgan fingerprint density at radius 3 is 2.23 bits per heavy atom. The topological polar surface area (TPSA) is 86.8 Å². The van der Waals surface area contributed by atoms with Gasteiger partial charge in [-0.15, -0.1) is 0 Å². The van der Waals surface area contributed by atoms with E-state index in [1.54, 1.807) is 29.2 Å². The second-order valence-corrected chi connectivity index (χ2v) is 11.9. The normalized spacial score (nSPS) is 12.6. The highest BCUT2D eigenvalue weighted by Crippen LogP contribution is 2.20. The highest BCUT2D eigenvalue weighted by Gasteiger charge is 2.30. The van der Waals surface area contributed by atoms with Crippen molar-refractivity contribution in [3.05, 3.63) is 65.7 Å². The fraction of sp³-hybridized carbons (Fsp3) is 0.481. The number of para-hydroxylation sites is 1. The lowest BCUT2D eigenvalue weighted by atomic mass is 10.0. The molecule has 0 saturated carbocycles. The monoisotopic (exact) mass is 501 g/mol. The third-order valence-electron chi connectivity index (χ3n) is 5.52. The summed E-state index contributed by atoms with van der Waals surface area (Å²) in [6, 6.07) is 16.1. The van der Waals surface area contributed by atoms with E-state index < -0.39 is 21.6 Å². The second kappa shape index (κ2) is 12.2. The molecule has 192 valence electrons. The molecule has 1 N–H and O–H groups in total. The summed E-state index contributed by atoms with van der Waals surface area (Å²) in [6.45, 7) is 10.1. The number of carbonyl (C=O) groups excluding carboxylic acids is 2. The van der Waals surface area contributed by atoms with Crippen LogP contribution in [0.4, 0.5) is 5.69 Å². The predicted molar refractivity (Wildman–Crippen MR) is 142 cm³/mol. The molecule has 0 fully saturated rings. The zero-order valence-electron chi connectivity index (χ0n) is 21.7. The van der Waals surface area contributed by atoms with Gasteiger partial charge in [-0.25, -0.2) is 8.42 Å². The minimum Gasteiger partial charge on any atom is -0.350 e. The molecule has 0 spiro atoms. The summed E-state index contributed by atoms with van der Waals surface area (Å²) in [5.41, 5.74) is 2.17. The number of aryl methyl sites for hydroxylation is 1. The zero-order valence-corrected chi connectivity index (χ0v) is 22.6. The molecule has 2 aromatic rings. The van der Waals surface area contributed by atoms with Gasteiger partial charge in [-0.05, 0) is 58.2 Å². The van der Waals surface area contributed by atoms with Crippen molar-refractivity contribution in [2.75, 3.05) is 17.1 Å². The van der Waals surface area contributed by atoms with Crippen LogP contribution in [0.1, 0.15) is 58.1 Å². The van der Waals surface area contributed by atoms with Crippen molar-refractivity contribution < 1.29 is 18.0 Å². The Balaban J connectivity index is 2.22. The third kappa shape index (κ3) is 9.02. The van der Waals surface area contributed by atoms with Gasteiger partial charge in [0.05, 0.1) is 11.9 Å². The lowest BCUT2D eigenvalue weighted by Gasteiger charge is -2.33. The van der Waals surface area contributed by atoms with Crippen LogP contribution < -0.4 is 9.62 Å². The number of rotatable bonds is 11. The summed E-state index contributed by atoms with van der Waals surface area (Å²) in [5.74, 6) is -0.369. The molecule has 0 unspecified atom stereocenters. The van der Waals surface area contributed by atoms with Gasteiger partial charge >= 0.3 is 0 Å². The van der Waals surface area contributed by atoms with Crippen molar-refractivity contribution in [2.24, 2.45) is 0 Å². The number of benzene rings is 2. The van der Waals surface area contributed by atoms with Gasteiger partial charge in [0.15, 0.2) is 0 Å². The van der Waals surface area contributed by atoms with Gasteiger partial charge < -0.3 is 10.2 Å². The highest BCUT2D eigenvalue weighted by atomic mass is 32.2. The van der Waals surface area contributed by atoms with Gasteiger partial charge in [-0.3, -0.25) is 13.9 Å². The molecule has 0 heterocycles. The molecule has 0 radical (unpaired) electrons. The number of sulfonamides is 1. The standard InChI is InChI=1S/C27H39N3O4S/c1-7-24(26(32)28-27(3,4)5)29(20-22-14-11-13-21(2)19-22)25(31)17-12-18-30(35(6,33)34)23-15-9-8-10-16-23/h8-11,13-16,19,24H,7,12,17-18,20H2,1-6H3,(H,28,32)/t24-/m0/s1. The average Bonchev–Trinajstić information content (AvgIpc) is 2.75. The van der Waals surface area contributed by atoms with E-state index in [2.05, 4.69) is 5.32 Å². The first-order chi connectivity index (χ1) is 16.3. The summed E-state index contributed by atoms with van der Waals surface area (Å²) in [4.78, 5) is 28.2. The molecule has 1 atom stereocenters. The molecule has 0 aromatic heterocycles. The van der Waals surface area contributed by atoms with Crippen molar-refractivity contribution in [3.63, 3.8) is 0 Å². The van der Waals surface area contributed by atoms with Crippen LogP contribution in [0.2, 0.25) is 0 Å². The van der Waals surface area contributed by atoms with E-state index in [0.29, 0.717) is 25.1 Å². The number of amides is 2. The molecule has 0 saturated heterocycles. The first kappa shape index (κ1) is 28.4. The van der Waals surface area contributed by atoms with E-state index in [1.165, 1.54) is 4.31 Å². The van der Waals surface area contributed by atoms with Crippen molar-refractivity contribution >= 4 is 27.5 Å². The highest BCUT2D eigenvalue weighted by molar-refractivity contribution is 7.92. The summed E-state index contributed by atoms with van der Waals surface area (Å²) in [6.07, 6.45) is 2.10. The Bertz CT molecular complexity index is 1090. The van der Waals surface area contributed by atoms with E-state index in [-0.39, 0.29) is 24.8 Å². The summed E-state index contributed by atoms with van der Waals surface area (Å²) >= 11 is 0. The quantitative estimate of drug-likeness (QED) is 0.498. The minimum atomic E-state index is -3.50. The molecular weight excluding hydrogens is 462 g/mol. The van der Waals surface area contributed by atoms with Crippen LogP contribution in [-0.4, -0.2) is 49.5 Å². The number of hydrogen-bond acceptors (Lipinski definition) is 4. The van der Waals surface area contributed by atoms with Crippen LogP contribution in [0, 0.1) is 6.92 Å². The maximum absolute atomic E-state index is 13.4. The van der Waals surface area contributed by atoms with Crippen molar-refractivity contribution in [2.45, 2.75) is 72.0 Å². The molecule has 7 nitrogen and oxygen atoms in total. The Kier molecular flexibility index (Phi) is 9.89. The molecular formula is C27H39N3O4S. The van der Waals surface area contributed by atoms with Crippen LogP contribution in [0.15, 0.2) is 54.6 Å². The Morgan fingerprint density at radius 1 is 1.03 bits per heavy atom. The van der Waals surface area contributed by atoms with Gasteiger partial charge in [0.25, 0.3) is 0 Å². The number of anilines is 1. The maximum Gasteiger partial charge on any atom is 0.243 e. The largest absolute Gasteiger partial charge is 0.350 e. The van der Waals surface area contributed by atoms with Crippen LogP contribution in [0.3, 0.4) is 0 Å². The van der Waals surface area contributed by atoms with Gasteiger partial charge in [-0.2, -0.15) is 0 Å². The number of hydrogen-bond donors (Lipinski definition) is 1. The molecule has 0 aliphatic carbocycles. The van der Waals surface area contributed by atoms with Gasteiger partial charge in [0.2, 0.25) is 21.8 Å². The molecule has 0 aliphatic heterocycles. The number of carbonyl (C=O) groups is 2. The van der Waals surface area contributed by atoms with Crippen LogP contribution in [-0.2, 0) is 26.2 Å². The first-order valence-corrected chi connectivity index (χ1v) is 13.9. The van der Waals surface area contributed by atoms with Crippen LogP contribution >= 0.6 is 0 Å². The van der Waals surface area contributed by atoms with E-state index >= 15 is 0 Å². The number of nitrogens with one attached hydrogen (secondary N) is 1. The van der Waals surface area contributed by atoms with E-state index in [9.17, 15) is 18.0 Å². The molecule has 2 amide bonds. The smallest absolute Gasteiger partial charge is 0.243 e. The minimum absolute atomic E-state index is 0.129. The fourth-order valence-electron chi connectivity index (χ4n) is 3.98. The summed E-state index contributed by atoms with van der Waals surface area (Å²) < 4.78 is 26.1. The SMILES string of the molecule is CC[C@@H](C(=O)NC(C)(C)C)N(Cc1cccc(C)c1)C(=O)CCCN(c1ccccc1)S(C)(=O)=O. The lowest BCUT2D eigenvalue weighted by Crippen LogP contribution is -2.53. The van der Waals surface area contributed by atoms with Crippen LogP contribution in [0.5, 0.6) is 0 Å². The Morgan fingerprint density at radius 2 is 1.69 bits per heavy atom. The molecule has 0 bridgehead atoms. The molecule has 35 heavy (non-hydrogen) atoms. The van der Waals surface area contributed by atoms with Crippen molar-refractivity contribution in [1.82, 2.24) is 10.2 Å².